The number of rotatable bonds is 7. The number of carbonyl (C=O) groups is 3. The van der Waals surface area contributed by atoms with Gasteiger partial charge in [0.05, 0.1) is 0 Å². The maximum atomic E-state index is 13.2. The molecule has 6 nitrogen and oxygen atoms in total. The van der Waals surface area contributed by atoms with Crippen LogP contribution in [0.1, 0.15) is 61.2 Å². The summed E-state index contributed by atoms with van der Waals surface area (Å²) in [7, 11) is 1.79. The first-order valence-corrected chi connectivity index (χ1v) is 11.7. The van der Waals surface area contributed by atoms with Gasteiger partial charge in [-0.3, -0.25) is 14.4 Å². The van der Waals surface area contributed by atoms with Crippen molar-refractivity contribution in [2.75, 3.05) is 7.05 Å². The zero-order chi connectivity index (χ0) is 24.1. The van der Waals surface area contributed by atoms with E-state index in [-0.39, 0.29) is 29.7 Å². The van der Waals surface area contributed by atoms with Gasteiger partial charge in [-0.2, -0.15) is 0 Å². The minimum Gasteiger partial charge on any atom is -0.350 e. The number of nitrogens with one attached hydrogen (secondary N) is 1. The van der Waals surface area contributed by atoms with E-state index in [4.69, 9.17) is 0 Å². The Kier molecular flexibility index (Phi) is 7.90. The lowest BCUT2D eigenvalue weighted by molar-refractivity contribution is -0.142. The zero-order valence-corrected chi connectivity index (χ0v) is 20.3. The fraction of sp³-hybridized carbons (Fsp3) is 0.444. The number of fused-ring (bicyclic) bond motifs is 1. The van der Waals surface area contributed by atoms with E-state index in [1.54, 1.807) is 29.0 Å². The van der Waals surface area contributed by atoms with Crippen molar-refractivity contribution in [2.45, 2.75) is 65.7 Å². The molecule has 176 valence electrons. The van der Waals surface area contributed by atoms with Gasteiger partial charge in [-0.05, 0) is 48.6 Å². The largest absolute Gasteiger partial charge is 0.350 e. The molecule has 0 aromatic heterocycles. The van der Waals surface area contributed by atoms with Gasteiger partial charge in [0.2, 0.25) is 11.8 Å². The fourth-order valence-corrected chi connectivity index (χ4v) is 4.00. The van der Waals surface area contributed by atoms with Gasteiger partial charge in [-0.15, -0.1) is 0 Å². The second-order valence-corrected chi connectivity index (χ2v) is 9.53. The SMILES string of the molecule is CC(C)CC(=O)N1Cc2ccccc2CC1C(=O)NCc1ccc(C(=O)N(C)C(C)C)cc1. The Hall–Kier alpha value is -3.15. The summed E-state index contributed by atoms with van der Waals surface area (Å²) >= 11 is 0. The number of carbonyl (C=O) groups excluding carboxylic acids is 3. The van der Waals surface area contributed by atoms with Crippen LogP contribution in [0, 0.1) is 5.92 Å². The van der Waals surface area contributed by atoms with Crippen molar-refractivity contribution in [3.8, 4) is 0 Å². The summed E-state index contributed by atoms with van der Waals surface area (Å²) < 4.78 is 0. The molecule has 3 rings (SSSR count). The number of amides is 3. The third-order valence-corrected chi connectivity index (χ3v) is 6.22. The van der Waals surface area contributed by atoms with Gasteiger partial charge in [0.25, 0.3) is 5.91 Å². The van der Waals surface area contributed by atoms with Crippen LogP contribution in [0.4, 0.5) is 0 Å². The molecule has 0 radical (unpaired) electrons. The standard InChI is InChI=1S/C27H35N3O3/c1-18(2)14-25(31)30-17-23-9-7-6-8-22(23)15-24(30)26(32)28-16-20-10-12-21(13-11-20)27(33)29(5)19(3)4/h6-13,18-19,24H,14-17H2,1-5H3,(H,28,32). The van der Waals surface area contributed by atoms with E-state index >= 15 is 0 Å². The molecule has 1 heterocycles. The van der Waals surface area contributed by atoms with Gasteiger partial charge >= 0.3 is 0 Å². The highest BCUT2D eigenvalue weighted by atomic mass is 16.2. The van der Waals surface area contributed by atoms with Crippen LogP contribution in [-0.2, 0) is 29.1 Å². The highest BCUT2D eigenvalue weighted by molar-refractivity contribution is 5.94. The fourth-order valence-electron chi connectivity index (χ4n) is 4.00. The van der Waals surface area contributed by atoms with Crippen LogP contribution in [0.2, 0.25) is 0 Å². The maximum absolute atomic E-state index is 13.2. The monoisotopic (exact) mass is 449 g/mol. The molecule has 1 N–H and O–H groups in total. The lowest BCUT2D eigenvalue weighted by atomic mass is 9.92. The van der Waals surface area contributed by atoms with Crippen LogP contribution in [0.3, 0.4) is 0 Å². The van der Waals surface area contributed by atoms with Crippen LogP contribution in [0.5, 0.6) is 0 Å². The molecular formula is C27H35N3O3. The van der Waals surface area contributed by atoms with Gasteiger partial charge in [0.1, 0.15) is 6.04 Å². The van der Waals surface area contributed by atoms with Gasteiger partial charge in [-0.25, -0.2) is 0 Å². The molecule has 0 fully saturated rings. The number of nitrogens with zero attached hydrogens (tertiary/aromatic N) is 2. The van der Waals surface area contributed by atoms with Crippen molar-refractivity contribution in [1.29, 1.82) is 0 Å². The number of hydrogen-bond donors (Lipinski definition) is 1. The summed E-state index contributed by atoms with van der Waals surface area (Å²) in [6, 6.07) is 14.9. The third kappa shape index (κ3) is 6.01. The Labute approximate surface area is 197 Å². The highest BCUT2D eigenvalue weighted by Gasteiger charge is 2.34. The Morgan fingerprint density at radius 3 is 2.24 bits per heavy atom. The Balaban J connectivity index is 1.68. The summed E-state index contributed by atoms with van der Waals surface area (Å²) in [4.78, 5) is 42.0. The molecule has 33 heavy (non-hydrogen) atoms. The lowest BCUT2D eigenvalue weighted by Gasteiger charge is -2.36. The first-order valence-electron chi connectivity index (χ1n) is 11.7. The van der Waals surface area contributed by atoms with E-state index in [0.717, 1.165) is 16.7 Å². The molecule has 0 aliphatic carbocycles. The van der Waals surface area contributed by atoms with Crippen molar-refractivity contribution in [3.05, 3.63) is 70.8 Å². The molecule has 3 amide bonds. The van der Waals surface area contributed by atoms with Crippen LogP contribution >= 0.6 is 0 Å². The van der Waals surface area contributed by atoms with Crippen molar-refractivity contribution in [3.63, 3.8) is 0 Å². The summed E-state index contributed by atoms with van der Waals surface area (Å²) in [5, 5.41) is 3.00. The van der Waals surface area contributed by atoms with Crippen molar-refractivity contribution < 1.29 is 14.4 Å². The van der Waals surface area contributed by atoms with E-state index in [9.17, 15) is 14.4 Å². The zero-order valence-electron chi connectivity index (χ0n) is 20.3. The van der Waals surface area contributed by atoms with E-state index in [1.807, 2.05) is 64.1 Å². The van der Waals surface area contributed by atoms with Gasteiger partial charge in [0, 0.05) is 44.6 Å². The first kappa shape index (κ1) is 24.5. The molecule has 0 spiro atoms. The minimum atomic E-state index is -0.522. The first-order chi connectivity index (χ1) is 15.7. The Morgan fingerprint density at radius 2 is 1.64 bits per heavy atom. The normalized spacial score (nSPS) is 15.4. The number of hydrogen-bond acceptors (Lipinski definition) is 3. The van der Waals surface area contributed by atoms with Crippen molar-refractivity contribution in [2.24, 2.45) is 5.92 Å². The molecule has 0 saturated carbocycles. The van der Waals surface area contributed by atoms with Crippen LogP contribution in [-0.4, -0.2) is 46.7 Å². The third-order valence-electron chi connectivity index (χ3n) is 6.22. The summed E-state index contributed by atoms with van der Waals surface area (Å²) in [6.07, 6.45) is 0.938. The average Bonchev–Trinajstić information content (AvgIpc) is 2.80. The van der Waals surface area contributed by atoms with Gasteiger partial charge in [0.15, 0.2) is 0 Å². The summed E-state index contributed by atoms with van der Waals surface area (Å²) in [6.45, 7) is 8.77. The van der Waals surface area contributed by atoms with E-state index in [1.165, 1.54) is 0 Å². The Morgan fingerprint density at radius 1 is 1.00 bits per heavy atom. The van der Waals surface area contributed by atoms with E-state index in [2.05, 4.69) is 5.32 Å². The van der Waals surface area contributed by atoms with Crippen molar-refractivity contribution in [1.82, 2.24) is 15.1 Å². The topological polar surface area (TPSA) is 69.7 Å². The summed E-state index contributed by atoms with van der Waals surface area (Å²) in [5.74, 6) is 0.0632. The average molecular weight is 450 g/mol. The minimum absolute atomic E-state index is 0.0109. The van der Waals surface area contributed by atoms with Crippen LogP contribution in [0.15, 0.2) is 48.5 Å². The molecule has 2 aromatic carbocycles. The van der Waals surface area contributed by atoms with Gasteiger partial charge < -0.3 is 15.1 Å². The molecule has 0 saturated heterocycles. The predicted molar refractivity (Wildman–Crippen MR) is 129 cm³/mol. The van der Waals surface area contributed by atoms with Gasteiger partial charge in [-0.1, -0.05) is 50.2 Å². The number of benzene rings is 2. The lowest BCUT2D eigenvalue weighted by Crippen LogP contribution is -2.52. The van der Waals surface area contributed by atoms with Crippen LogP contribution in [0.25, 0.3) is 0 Å². The molecule has 1 aliphatic heterocycles. The smallest absolute Gasteiger partial charge is 0.253 e. The highest BCUT2D eigenvalue weighted by Crippen LogP contribution is 2.25. The molecule has 1 unspecified atom stereocenters. The van der Waals surface area contributed by atoms with Crippen molar-refractivity contribution >= 4 is 17.7 Å². The molecule has 2 aromatic rings. The van der Waals surface area contributed by atoms with E-state index < -0.39 is 6.04 Å². The predicted octanol–water partition coefficient (Wildman–Crippen LogP) is 3.78. The van der Waals surface area contributed by atoms with E-state index in [0.29, 0.717) is 31.5 Å². The Bertz CT molecular complexity index is 998. The quantitative estimate of drug-likeness (QED) is 0.699. The molecule has 6 heteroatoms. The van der Waals surface area contributed by atoms with Crippen LogP contribution < -0.4 is 5.32 Å². The molecule has 0 bridgehead atoms. The molecule has 1 aliphatic rings. The molecule has 1 atom stereocenters. The second-order valence-electron chi connectivity index (χ2n) is 9.53. The maximum Gasteiger partial charge on any atom is 0.253 e. The summed E-state index contributed by atoms with van der Waals surface area (Å²) in [5.41, 5.74) is 3.74. The molecular weight excluding hydrogens is 414 g/mol. The second kappa shape index (κ2) is 10.6.